The fraction of sp³-hybridized carbons (Fsp3) is 0.333. The number of aryl methyl sites for hydroxylation is 2. The second kappa shape index (κ2) is 7.68. The predicted octanol–water partition coefficient (Wildman–Crippen LogP) is 3.94. The number of hydrogen-bond donors (Lipinski definition) is 1. The summed E-state index contributed by atoms with van der Waals surface area (Å²) < 4.78 is 13.3. The van der Waals surface area contributed by atoms with Crippen molar-refractivity contribution in [2.45, 2.75) is 33.1 Å². The van der Waals surface area contributed by atoms with E-state index in [2.05, 4.69) is 19.2 Å². The lowest BCUT2D eigenvalue weighted by Gasteiger charge is -2.23. The molecule has 4 nitrogen and oxygen atoms in total. The highest BCUT2D eigenvalue weighted by atomic mass is 19.1. The molecule has 2 aromatic rings. The van der Waals surface area contributed by atoms with Crippen LogP contribution in [-0.4, -0.2) is 18.4 Å². The van der Waals surface area contributed by atoms with E-state index in [0.29, 0.717) is 12.2 Å². The van der Waals surface area contributed by atoms with Gasteiger partial charge in [-0.3, -0.25) is 9.59 Å². The Labute approximate surface area is 153 Å². The van der Waals surface area contributed by atoms with Gasteiger partial charge in [0, 0.05) is 24.3 Å². The van der Waals surface area contributed by atoms with Gasteiger partial charge in [-0.25, -0.2) is 4.39 Å². The molecule has 1 N–H and O–H groups in total. The van der Waals surface area contributed by atoms with Crippen LogP contribution >= 0.6 is 0 Å². The first-order valence-electron chi connectivity index (χ1n) is 9.01. The van der Waals surface area contributed by atoms with Gasteiger partial charge in [0.2, 0.25) is 11.8 Å². The van der Waals surface area contributed by atoms with E-state index in [1.807, 2.05) is 18.2 Å². The summed E-state index contributed by atoms with van der Waals surface area (Å²) in [4.78, 5) is 26.9. The van der Waals surface area contributed by atoms with Crippen molar-refractivity contribution in [1.82, 2.24) is 0 Å². The van der Waals surface area contributed by atoms with E-state index in [1.54, 1.807) is 17.0 Å². The van der Waals surface area contributed by atoms with Crippen LogP contribution in [0, 0.1) is 11.7 Å². The van der Waals surface area contributed by atoms with Gasteiger partial charge in [0.1, 0.15) is 5.82 Å². The molecular formula is C21H23FN2O2. The molecule has 136 valence electrons. The lowest BCUT2D eigenvalue weighted by molar-refractivity contribution is -0.122. The zero-order valence-electron chi connectivity index (χ0n) is 15.1. The van der Waals surface area contributed by atoms with E-state index in [-0.39, 0.29) is 18.2 Å². The number of halogens is 1. The number of para-hydroxylation sites is 1. The molecule has 1 unspecified atom stereocenters. The molecule has 1 fully saturated rings. The normalized spacial score (nSPS) is 16.8. The smallest absolute Gasteiger partial charge is 0.229 e. The average Bonchev–Trinajstić information content (AvgIpc) is 3.02. The number of benzene rings is 2. The number of hydrogen-bond acceptors (Lipinski definition) is 2. The monoisotopic (exact) mass is 354 g/mol. The van der Waals surface area contributed by atoms with E-state index < -0.39 is 11.7 Å². The number of nitrogens with one attached hydrogen (secondary N) is 1. The van der Waals surface area contributed by atoms with E-state index in [4.69, 9.17) is 0 Å². The minimum atomic E-state index is -0.444. The minimum absolute atomic E-state index is 0.0417. The zero-order valence-corrected chi connectivity index (χ0v) is 15.1. The Morgan fingerprint density at radius 1 is 1.15 bits per heavy atom. The van der Waals surface area contributed by atoms with Crippen LogP contribution in [0.1, 0.15) is 31.4 Å². The summed E-state index contributed by atoms with van der Waals surface area (Å²) in [7, 11) is 0. The molecule has 2 aromatic carbocycles. The van der Waals surface area contributed by atoms with Crippen molar-refractivity contribution in [3.8, 4) is 0 Å². The quantitative estimate of drug-likeness (QED) is 0.884. The molecule has 0 aliphatic carbocycles. The van der Waals surface area contributed by atoms with E-state index >= 15 is 0 Å². The summed E-state index contributed by atoms with van der Waals surface area (Å²) in [6, 6.07) is 11.8. The molecule has 1 atom stereocenters. The zero-order chi connectivity index (χ0) is 18.7. The summed E-state index contributed by atoms with van der Waals surface area (Å²) in [5, 5.41) is 2.72. The Bertz CT molecular complexity index is 812. The third-order valence-corrected chi connectivity index (χ3v) is 4.82. The Morgan fingerprint density at radius 3 is 2.42 bits per heavy atom. The van der Waals surface area contributed by atoms with Crippen molar-refractivity contribution in [3.63, 3.8) is 0 Å². The van der Waals surface area contributed by atoms with Crippen molar-refractivity contribution in [1.29, 1.82) is 0 Å². The summed E-state index contributed by atoms with van der Waals surface area (Å²) in [6.07, 6.45) is 1.82. The van der Waals surface area contributed by atoms with Gasteiger partial charge in [-0.15, -0.1) is 0 Å². The standard InChI is InChI=1S/C21H23FN2O2/c1-3-14-7-5-8-15(4-2)20(14)24-13-16(11-19(24)25)21(26)23-18-10-6-9-17(22)12-18/h5-10,12,16H,3-4,11,13H2,1-2H3,(H,23,26). The lowest BCUT2D eigenvalue weighted by Crippen LogP contribution is -2.29. The number of rotatable bonds is 5. The van der Waals surface area contributed by atoms with Crippen LogP contribution < -0.4 is 10.2 Å². The fourth-order valence-corrected chi connectivity index (χ4v) is 3.47. The van der Waals surface area contributed by atoms with Gasteiger partial charge in [0.15, 0.2) is 0 Å². The van der Waals surface area contributed by atoms with E-state index in [9.17, 15) is 14.0 Å². The van der Waals surface area contributed by atoms with Crippen LogP contribution in [0.3, 0.4) is 0 Å². The Balaban J connectivity index is 1.80. The summed E-state index contributed by atoms with van der Waals surface area (Å²) in [6.45, 7) is 4.48. The number of carbonyl (C=O) groups excluding carboxylic acids is 2. The van der Waals surface area contributed by atoms with Gasteiger partial charge in [0.25, 0.3) is 0 Å². The topological polar surface area (TPSA) is 49.4 Å². The molecule has 26 heavy (non-hydrogen) atoms. The first kappa shape index (κ1) is 18.1. The van der Waals surface area contributed by atoms with Gasteiger partial charge in [-0.1, -0.05) is 38.1 Å². The first-order chi connectivity index (χ1) is 12.5. The Kier molecular flexibility index (Phi) is 5.35. The fourth-order valence-electron chi connectivity index (χ4n) is 3.47. The highest BCUT2D eigenvalue weighted by Crippen LogP contribution is 2.32. The molecule has 0 bridgehead atoms. The number of anilines is 2. The second-order valence-corrected chi connectivity index (χ2v) is 6.54. The SMILES string of the molecule is CCc1cccc(CC)c1N1CC(C(=O)Nc2cccc(F)c2)CC1=O. The van der Waals surface area contributed by atoms with E-state index in [1.165, 1.54) is 12.1 Å². The minimum Gasteiger partial charge on any atom is -0.326 e. The van der Waals surface area contributed by atoms with Gasteiger partial charge >= 0.3 is 0 Å². The average molecular weight is 354 g/mol. The maximum atomic E-state index is 13.3. The highest BCUT2D eigenvalue weighted by molar-refractivity contribution is 6.04. The lowest BCUT2D eigenvalue weighted by atomic mass is 10.0. The van der Waals surface area contributed by atoms with Gasteiger partial charge in [0.05, 0.1) is 5.92 Å². The maximum Gasteiger partial charge on any atom is 0.229 e. The Hall–Kier alpha value is -2.69. The number of nitrogens with zero attached hydrogens (tertiary/aromatic N) is 1. The van der Waals surface area contributed by atoms with E-state index in [0.717, 1.165) is 29.7 Å². The molecular weight excluding hydrogens is 331 g/mol. The number of carbonyl (C=O) groups is 2. The molecule has 0 aromatic heterocycles. The highest BCUT2D eigenvalue weighted by Gasteiger charge is 2.36. The third-order valence-electron chi connectivity index (χ3n) is 4.82. The summed E-state index contributed by atoms with van der Waals surface area (Å²) >= 11 is 0. The molecule has 0 radical (unpaired) electrons. The molecule has 2 amide bonds. The maximum absolute atomic E-state index is 13.3. The van der Waals surface area contributed by atoms with Crippen LogP contribution in [0.2, 0.25) is 0 Å². The van der Waals surface area contributed by atoms with Crippen molar-refractivity contribution in [2.24, 2.45) is 5.92 Å². The van der Waals surface area contributed by atoms with Crippen molar-refractivity contribution < 1.29 is 14.0 Å². The van der Waals surface area contributed by atoms with Crippen molar-refractivity contribution >= 4 is 23.2 Å². The van der Waals surface area contributed by atoms with Crippen LogP contribution in [0.5, 0.6) is 0 Å². The van der Waals surface area contributed by atoms with Crippen LogP contribution in [0.15, 0.2) is 42.5 Å². The van der Waals surface area contributed by atoms with Gasteiger partial charge in [-0.05, 0) is 42.2 Å². The number of amides is 2. The molecule has 1 saturated heterocycles. The van der Waals surface area contributed by atoms with Crippen molar-refractivity contribution in [2.75, 3.05) is 16.8 Å². The molecule has 1 aliphatic heterocycles. The molecule has 1 heterocycles. The largest absolute Gasteiger partial charge is 0.326 e. The summed E-state index contributed by atoms with van der Waals surface area (Å²) in [5.41, 5.74) is 3.58. The molecule has 5 heteroatoms. The summed E-state index contributed by atoms with van der Waals surface area (Å²) in [5.74, 6) is -1.14. The second-order valence-electron chi connectivity index (χ2n) is 6.54. The Morgan fingerprint density at radius 2 is 1.81 bits per heavy atom. The van der Waals surface area contributed by atoms with Crippen LogP contribution in [-0.2, 0) is 22.4 Å². The van der Waals surface area contributed by atoms with Crippen LogP contribution in [0.25, 0.3) is 0 Å². The third kappa shape index (κ3) is 3.62. The van der Waals surface area contributed by atoms with Gasteiger partial charge < -0.3 is 10.2 Å². The predicted molar refractivity (Wildman–Crippen MR) is 101 cm³/mol. The molecule has 0 spiro atoms. The molecule has 1 aliphatic rings. The van der Waals surface area contributed by atoms with Crippen molar-refractivity contribution in [3.05, 3.63) is 59.4 Å². The van der Waals surface area contributed by atoms with Crippen LogP contribution in [0.4, 0.5) is 15.8 Å². The molecule has 3 rings (SSSR count). The molecule has 0 saturated carbocycles. The van der Waals surface area contributed by atoms with Gasteiger partial charge in [-0.2, -0.15) is 0 Å². The first-order valence-corrected chi connectivity index (χ1v) is 9.01.